The first-order valence-electron chi connectivity index (χ1n) is 7.85. The molecule has 0 unspecified atom stereocenters. The van der Waals surface area contributed by atoms with E-state index in [4.69, 9.17) is 9.52 Å². The smallest absolute Gasteiger partial charge is 0.372 e. The van der Waals surface area contributed by atoms with Crippen molar-refractivity contribution in [3.8, 4) is 0 Å². The van der Waals surface area contributed by atoms with Gasteiger partial charge in [-0.25, -0.2) is 4.79 Å². The third kappa shape index (κ3) is 2.98. The van der Waals surface area contributed by atoms with E-state index in [1.54, 1.807) is 44.3 Å². The number of aromatic carboxylic acids is 1. The molecule has 2 N–H and O–H groups in total. The molecule has 128 valence electrons. The van der Waals surface area contributed by atoms with Gasteiger partial charge in [-0.05, 0) is 37.1 Å². The van der Waals surface area contributed by atoms with Gasteiger partial charge in [-0.3, -0.25) is 9.59 Å². The Hall–Kier alpha value is -3.15. The Morgan fingerprint density at radius 1 is 1.20 bits per heavy atom. The van der Waals surface area contributed by atoms with Crippen LogP contribution in [0, 0.1) is 6.92 Å². The fourth-order valence-electron chi connectivity index (χ4n) is 2.99. The molecule has 2 aromatic rings. The molecule has 0 fully saturated rings. The molecular formula is C19H17NO5. The van der Waals surface area contributed by atoms with Crippen molar-refractivity contribution < 1.29 is 23.9 Å². The summed E-state index contributed by atoms with van der Waals surface area (Å²) in [6, 6.07) is 6.92. The standard InChI is InChI=1S/C19H17NO5/c1-10-15-14(25-17(10)19(23)24)8-7-13(16(15)21)9-11-3-5-12(6-4-11)18(22)20-2/h3-6,9H,7-8H2,1-2H3,(H,20,22)(H,23,24)/b13-9-. The second-order valence-electron chi connectivity index (χ2n) is 5.86. The van der Waals surface area contributed by atoms with E-state index in [-0.39, 0.29) is 17.5 Å². The number of Topliss-reactive ketones (excluding diaryl/α,β-unsaturated/α-hetero) is 1. The molecule has 6 heteroatoms. The van der Waals surface area contributed by atoms with Gasteiger partial charge in [0, 0.05) is 30.2 Å². The number of benzene rings is 1. The lowest BCUT2D eigenvalue weighted by Crippen LogP contribution is -2.17. The van der Waals surface area contributed by atoms with E-state index in [0.29, 0.717) is 40.9 Å². The van der Waals surface area contributed by atoms with Gasteiger partial charge < -0.3 is 14.8 Å². The molecule has 0 saturated carbocycles. The van der Waals surface area contributed by atoms with Gasteiger partial charge in [0.15, 0.2) is 5.78 Å². The predicted molar refractivity (Wildman–Crippen MR) is 90.9 cm³/mol. The number of carboxylic acids is 1. The molecule has 1 aliphatic rings. The second-order valence-corrected chi connectivity index (χ2v) is 5.86. The number of aryl methyl sites for hydroxylation is 1. The van der Waals surface area contributed by atoms with Crippen LogP contribution < -0.4 is 5.32 Å². The minimum atomic E-state index is -1.17. The van der Waals surface area contributed by atoms with E-state index in [9.17, 15) is 14.4 Å². The predicted octanol–water partition coefficient (Wildman–Crippen LogP) is 2.86. The molecule has 1 aromatic carbocycles. The fourth-order valence-corrected chi connectivity index (χ4v) is 2.99. The number of allylic oxidation sites excluding steroid dienone is 1. The molecular weight excluding hydrogens is 322 g/mol. The zero-order valence-electron chi connectivity index (χ0n) is 13.9. The molecule has 0 radical (unpaired) electrons. The molecule has 0 aliphatic heterocycles. The first kappa shape index (κ1) is 16.7. The fraction of sp³-hybridized carbons (Fsp3) is 0.211. The van der Waals surface area contributed by atoms with Gasteiger partial charge in [-0.15, -0.1) is 0 Å². The number of rotatable bonds is 3. The number of furan rings is 1. The summed E-state index contributed by atoms with van der Waals surface area (Å²) in [5.74, 6) is -1.28. The molecule has 6 nitrogen and oxygen atoms in total. The second kappa shape index (κ2) is 6.39. The highest BCUT2D eigenvalue weighted by molar-refractivity contribution is 6.14. The van der Waals surface area contributed by atoms with Crippen LogP contribution in [-0.4, -0.2) is 29.8 Å². The quantitative estimate of drug-likeness (QED) is 0.838. The van der Waals surface area contributed by atoms with Crippen molar-refractivity contribution in [1.29, 1.82) is 0 Å². The summed E-state index contributed by atoms with van der Waals surface area (Å²) in [6.07, 6.45) is 2.73. The van der Waals surface area contributed by atoms with Gasteiger partial charge >= 0.3 is 5.97 Å². The highest BCUT2D eigenvalue weighted by Gasteiger charge is 2.31. The van der Waals surface area contributed by atoms with E-state index >= 15 is 0 Å². The van der Waals surface area contributed by atoms with Crippen LogP contribution in [0.5, 0.6) is 0 Å². The van der Waals surface area contributed by atoms with Crippen molar-refractivity contribution in [3.63, 3.8) is 0 Å². The Morgan fingerprint density at radius 3 is 2.48 bits per heavy atom. The summed E-state index contributed by atoms with van der Waals surface area (Å²) in [4.78, 5) is 35.5. The van der Waals surface area contributed by atoms with E-state index < -0.39 is 5.97 Å². The summed E-state index contributed by atoms with van der Waals surface area (Å²) in [7, 11) is 1.56. The monoisotopic (exact) mass is 339 g/mol. The van der Waals surface area contributed by atoms with E-state index in [1.165, 1.54) is 0 Å². The van der Waals surface area contributed by atoms with Crippen LogP contribution in [0.1, 0.15) is 54.6 Å². The third-order valence-electron chi connectivity index (χ3n) is 4.29. The molecule has 1 aliphatic carbocycles. The molecule has 25 heavy (non-hydrogen) atoms. The van der Waals surface area contributed by atoms with Crippen LogP contribution in [0.2, 0.25) is 0 Å². The largest absolute Gasteiger partial charge is 0.475 e. The summed E-state index contributed by atoms with van der Waals surface area (Å²) < 4.78 is 5.33. The minimum absolute atomic E-state index is 0.172. The Morgan fingerprint density at radius 2 is 1.88 bits per heavy atom. The average molecular weight is 339 g/mol. The van der Waals surface area contributed by atoms with Crippen molar-refractivity contribution in [1.82, 2.24) is 5.32 Å². The van der Waals surface area contributed by atoms with Crippen LogP contribution in [0.4, 0.5) is 0 Å². The SMILES string of the molecule is CNC(=O)c1ccc(/C=C2/CCc3oc(C(=O)O)c(C)c3C2=O)cc1. The summed E-state index contributed by atoms with van der Waals surface area (Å²) in [6.45, 7) is 1.59. The maximum absolute atomic E-state index is 12.7. The molecule has 3 rings (SSSR count). The first-order valence-corrected chi connectivity index (χ1v) is 7.85. The zero-order chi connectivity index (χ0) is 18.1. The van der Waals surface area contributed by atoms with Gasteiger partial charge in [0.2, 0.25) is 5.76 Å². The summed E-state index contributed by atoms with van der Waals surface area (Å²) in [5.41, 5.74) is 2.67. The molecule has 0 bridgehead atoms. The topological polar surface area (TPSA) is 96.6 Å². The molecule has 0 saturated heterocycles. The van der Waals surface area contributed by atoms with Gasteiger partial charge in [-0.2, -0.15) is 0 Å². The zero-order valence-corrected chi connectivity index (χ0v) is 13.9. The Kier molecular flexibility index (Phi) is 4.27. The van der Waals surface area contributed by atoms with Crippen molar-refractivity contribution in [3.05, 3.63) is 63.6 Å². The summed E-state index contributed by atoms with van der Waals surface area (Å²) >= 11 is 0. The van der Waals surface area contributed by atoms with Crippen LogP contribution >= 0.6 is 0 Å². The van der Waals surface area contributed by atoms with Gasteiger partial charge in [-0.1, -0.05) is 12.1 Å². The third-order valence-corrected chi connectivity index (χ3v) is 4.29. The van der Waals surface area contributed by atoms with Crippen LogP contribution in [0.15, 0.2) is 34.3 Å². The highest BCUT2D eigenvalue weighted by atomic mass is 16.4. The van der Waals surface area contributed by atoms with Crippen molar-refractivity contribution in [2.45, 2.75) is 19.8 Å². The number of ketones is 1. The number of hydrogen-bond donors (Lipinski definition) is 2. The lowest BCUT2D eigenvalue weighted by molar-refractivity contribution is 0.0658. The summed E-state index contributed by atoms with van der Waals surface area (Å²) in [5, 5.41) is 11.7. The van der Waals surface area contributed by atoms with Crippen molar-refractivity contribution in [2.24, 2.45) is 0 Å². The van der Waals surface area contributed by atoms with Crippen molar-refractivity contribution in [2.75, 3.05) is 7.05 Å². The van der Waals surface area contributed by atoms with E-state index in [1.807, 2.05) is 0 Å². The maximum atomic E-state index is 12.7. The molecule has 1 aromatic heterocycles. The van der Waals surface area contributed by atoms with Gasteiger partial charge in [0.05, 0.1) is 5.56 Å². The normalized spacial score (nSPS) is 15.1. The minimum Gasteiger partial charge on any atom is -0.475 e. The van der Waals surface area contributed by atoms with Crippen molar-refractivity contribution >= 4 is 23.7 Å². The van der Waals surface area contributed by atoms with E-state index in [2.05, 4.69) is 5.32 Å². The van der Waals surface area contributed by atoms with Crippen LogP contribution in [0.3, 0.4) is 0 Å². The lowest BCUT2D eigenvalue weighted by atomic mass is 9.88. The Labute approximate surface area is 144 Å². The van der Waals surface area contributed by atoms with Crippen LogP contribution in [-0.2, 0) is 6.42 Å². The maximum Gasteiger partial charge on any atom is 0.372 e. The first-order chi connectivity index (χ1) is 11.9. The number of carboxylic acid groups (broad SMARTS) is 1. The molecule has 0 atom stereocenters. The Bertz CT molecular complexity index is 903. The number of fused-ring (bicyclic) bond motifs is 1. The number of carbonyl (C=O) groups is 3. The van der Waals surface area contributed by atoms with Gasteiger partial charge in [0.25, 0.3) is 5.91 Å². The average Bonchev–Trinajstić information content (AvgIpc) is 2.95. The molecule has 1 heterocycles. The number of nitrogens with one attached hydrogen (secondary N) is 1. The van der Waals surface area contributed by atoms with Crippen LogP contribution in [0.25, 0.3) is 6.08 Å². The molecule has 0 spiro atoms. The highest BCUT2D eigenvalue weighted by Crippen LogP contribution is 2.32. The number of amides is 1. The lowest BCUT2D eigenvalue weighted by Gasteiger charge is -2.13. The number of hydrogen-bond acceptors (Lipinski definition) is 4. The number of carbonyl (C=O) groups excluding carboxylic acids is 2. The van der Waals surface area contributed by atoms with Gasteiger partial charge in [0.1, 0.15) is 5.76 Å². The molecule has 1 amide bonds. The van der Waals surface area contributed by atoms with E-state index in [0.717, 1.165) is 5.56 Å². The Balaban J connectivity index is 1.92.